The number of nitrogens with zero attached hydrogens (tertiary/aromatic N) is 2. The van der Waals surface area contributed by atoms with E-state index in [0.29, 0.717) is 18.8 Å². The molecular formula is C27H33N3O4S2. The third-order valence-corrected chi connectivity index (χ3v) is 9.84. The van der Waals surface area contributed by atoms with Gasteiger partial charge < -0.3 is 4.90 Å². The first-order valence-electron chi connectivity index (χ1n) is 11.9. The van der Waals surface area contributed by atoms with Gasteiger partial charge in [0.15, 0.2) is 0 Å². The zero-order valence-electron chi connectivity index (χ0n) is 21.0. The Morgan fingerprint density at radius 2 is 1.53 bits per heavy atom. The molecule has 4 rings (SSSR count). The van der Waals surface area contributed by atoms with Crippen molar-refractivity contribution in [1.82, 2.24) is 4.72 Å². The molecule has 1 fully saturated rings. The van der Waals surface area contributed by atoms with Crippen molar-refractivity contribution in [2.75, 3.05) is 35.6 Å². The topological polar surface area (TPSA) is 86.8 Å². The summed E-state index contributed by atoms with van der Waals surface area (Å²) in [5, 5.41) is -0.511. The number of rotatable bonds is 8. The van der Waals surface area contributed by atoms with Gasteiger partial charge in [-0.2, -0.15) is 0 Å². The zero-order chi connectivity index (χ0) is 26.1. The summed E-state index contributed by atoms with van der Waals surface area (Å²) >= 11 is 0. The first kappa shape index (κ1) is 26.2. The largest absolute Gasteiger partial charge is 0.369 e. The monoisotopic (exact) mass is 527 g/mol. The normalized spacial score (nSPS) is 18.5. The van der Waals surface area contributed by atoms with Crippen LogP contribution in [0.5, 0.6) is 0 Å². The Bertz CT molecular complexity index is 1410. The first-order chi connectivity index (χ1) is 17.0. The van der Waals surface area contributed by atoms with Crippen LogP contribution in [-0.2, 0) is 20.0 Å². The molecule has 36 heavy (non-hydrogen) atoms. The molecule has 0 bridgehead atoms. The van der Waals surface area contributed by atoms with E-state index in [1.54, 1.807) is 19.9 Å². The van der Waals surface area contributed by atoms with Gasteiger partial charge in [0.1, 0.15) is 0 Å². The lowest BCUT2D eigenvalue weighted by atomic mass is 9.93. The van der Waals surface area contributed by atoms with Crippen molar-refractivity contribution in [2.24, 2.45) is 0 Å². The van der Waals surface area contributed by atoms with Crippen LogP contribution in [-0.4, -0.2) is 54.5 Å². The van der Waals surface area contributed by atoms with E-state index < -0.39 is 25.3 Å². The summed E-state index contributed by atoms with van der Waals surface area (Å²) < 4.78 is 53.6. The third kappa shape index (κ3) is 5.74. The second kappa shape index (κ2) is 10.2. The van der Waals surface area contributed by atoms with E-state index in [4.69, 9.17) is 0 Å². The fraction of sp³-hybridized carbons (Fsp3) is 0.333. The molecule has 0 saturated carbocycles. The summed E-state index contributed by atoms with van der Waals surface area (Å²) in [5.41, 5.74) is 4.58. The van der Waals surface area contributed by atoms with Crippen molar-refractivity contribution in [2.45, 2.75) is 31.1 Å². The second-order valence-corrected chi connectivity index (χ2v) is 13.9. The number of benzene rings is 3. The number of anilines is 2. The lowest BCUT2D eigenvalue weighted by Gasteiger charge is -2.21. The van der Waals surface area contributed by atoms with Crippen LogP contribution >= 0.6 is 0 Å². The molecule has 0 aromatic heterocycles. The van der Waals surface area contributed by atoms with Gasteiger partial charge in [-0.15, -0.1) is 0 Å². The smallest absolute Gasteiger partial charge is 0.231 e. The maximum absolute atomic E-state index is 12.7. The van der Waals surface area contributed by atoms with Gasteiger partial charge in [0.05, 0.1) is 17.2 Å². The van der Waals surface area contributed by atoms with Crippen LogP contribution in [0.4, 0.5) is 11.4 Å². The summed E-state index contributed by atoms with van der Waals surface area (Å²) in [6.45, 7) is 4.66. The van der Waals surface area contributed by atoms with E-state index in [1.165, 1.54) is 17.6 Å². The summed E-state index contributed by atoms with van der Waals surface area (Å²) in [4.78, 5) is 2.22. The summed E-state index contributed by atoms with van der Waals surface area (Å²) in [7, 11) is -5.25. The molecule has 1 saturated heterocycles. The number of hydrogen-bond acceptors (Lipinski definition) is 5. The number of sulfonamides is 2. The van der Waals surface area contributed by atoms with Crippen molar-refractivity contribution in [3.05, 3.63) is 84.4 Å². The first-order valence-corrected chi connectivity index (χ1v) is 15.3. The number of hydrogen-bond donors (Lipinski definition) is 1. The second-order valence-electron chi connectivity index (χ2n) is 9.57. The van der Waals surface area contributed by atoms with Crippen LogP contribution < -0.4 is 13.9 Å². The van der Waals surface area contributed by atoms with Crippen LogP contribution in [0.15, 0.2) is 78.9 Å². The molecular weight excluding hydrogens is 494 g/mol. The van der Waals surface area contributed by atoms with Crippen molar-refractivity contribution >= 4 is 31.4 Å². The van der Waals surface area contributed by atoms with Crippen molar-refractivity contribution in [3.63, 3.8) is 0 Å². The highest BCUT2D eigenvalue weighted by molar-refractivity contribution is 7.92. The minimum atomic E-state index is -3.43. The van der Waals surface area contributed by atoms with Crippen LogP contribution in [0.3, 0.4) is 0 Å². The van der Waals surface area contributed by atoms with Crippen LogP contribution in [0.2, 0.25) is 0 Å². The highest BCUT2D eigenvalue weighted by Gasteiger charge is 2.37. The Hall–Kier alpha value is -2.88. The fourth-order valence-electron chi connectivity index (χ4n) is 4.45. The average Bonchev–Trinajstić information content (AvgIpc) is 3.26. The summed E-state index contributed by atoms with van der Waals surface area (Å²) in [5.74, 6) is -0.0181. The lowest BCUT2D eigenvalue weighted by molar-refractivity contribution is 0.535. The molecule has 1 aliphatic rings. The molecule has 3 aromatic rings. The molecule has 1 heterocycles. The van der Waals surface area contributed by atoms with Gasteiger partial charge in [0, 0.05) is 37.8 Å². The fourth-order valence-corrected chi connectivity index (χ4v) is 5.88. The van der Waals surface area contributed by atoms with Gasteiger partial charge in [0.2, 0.25) is 20.0 Å². The Kier molecular flexibility index (Phi) is 7.45. The van der Waals surface area contributed by atoms with E-state index in [9.17, 15) is 16.8 Å². The SMILES string of the molecule is CC(C)S(=O)(=O)N[C@@H]1CN(c2ccccc2)C[C@H]1c1ccc(-c2cccc(N(C)S(C)(=O)=O)c2)cc1. The molecule has 1 N–H and O–H groups in total. The molecule has 0 radical (unpaired) electrons. The zero-order valence-corrected chi connectivity index (χ0v) is 22.6. The van der Waals surface area contributed by atoms with Crippen molar-refractivity contribution in [3.8, 4) is 11.1 Å². The number of nitrogens with one attached hydrogen (secondary N) is 1. The molecule has 7 nitrogen and oxygen atoms in total. The molecule has 0 spiro atoms. The Labute approximate surface area is 214 Å². The van der Waals surface area contributed by atoms with Crippen LogP contribution in [0, 0.1) is 0 Å². The van der Waals surface area contributed by atoms with E-state index >= 15 is 0 Å². The highest BCUT2D eigenvalue weighted by atomic mass is 32.2. The van der Waals surface area contributed by atoms with E-state index in [0.717, 1.165) is 22.4 Å². The van der Waals surface area contributed by atoms with Gasteiger partial charge in [0.25, 0.3) is 0 Å². The minimum Gasteiger partial charge on any atom is -0.369 e. The van der Waals surface area contributed by atoms with Crippen molar-refractivity contribution < 1.29 is 16.8 Å². The molecule has 3 aromatic carbocycles. The molecule has 0 unspecified atom stereocenters. The lowest BCUT2D eigenvalue weighted by Crippen LogP contribution is -2.43. The Morgan fingerprint density at radius 1 is 0.861 bits per heavy atom. The van der Waals surface area contributed by atoms with Gasteiger partial charge in [-0.05, 0) is 54.8 Å². The molecule has 0 amide bonds. The third-order valence-electron chi connectivity index (χ3n) is 6.76. The van der Waals surface area contributed by atoms with E-state index in [1.807, 2.05) is 72.8 Å². The molecule has 1 aliphatic heterocycles. The molecule has 2 atom stereocenters. The predicted octanol–water partition coefficient (Wildman–Crippen LogP) is 4.05. The predicted molar refractivity (Wildman–Crippen MR) is 148 cm³/mol. The molecule has 192 valence electrons. The summed E-state index contributed by atoms with van der Waals surface area (Å²) in [6, 6.07) is 25.3. The Morgan fingerprint density at radius 3 is 2.14 bits per heavy atom. The summed E-state index contributed by atoms with van der Waals surface area (Å²) in [6.07, 6.45) is 1.18. The van der Waals surface area contributed by atoms with Crippen LogP contribution in [0.25, 0.3) is 11.1 Å². The standard InChI is InChI=1S/C27H33N3O4S2/c1-20(2)36(33,34)28-27-19-30(24-10-6-5-7-11-24)18-26(27)22-15-13-21(14-16-22)23-9-8-12-25(17-23)29(3)35(4,31)32/h5-17,20,26-28H,18-19H2,1-4H3/t26-,27+/m0/s1. The molecule has 9 heteroatoms. The van der Waals surface area contributed by atoms with Crippen molar-refractivity contribution in [1.29, 1.82) is 0 Å². The Balaban J connectivity index is 1.62. The van der Waals surface area contributed by atoms with Crippen LogP contribution in [0.1, 0.15) is 25.3 Å². The van der Waals surface area contributed by atoms with E-state index in [-0.39, 0.29) is 12.0 Å². The van der Waals surface area contributed by atoms with Gasteiger partial charge in [-0.1, -0.05) is 54.6 Å². The van der Waals surface area contributed by atoms with E-state index in [2.05, 4.69) is 9.62 Å². The quantitative estimate of drug-likeness (QED) is 0.478. The maximum Gasteiger partial charge on any atom is 0.231 e. The average molecular weight is 528 g/mol. The maximum atomic E-state index is 12.7. The van der Waals surface area contributed by atoms with Gasteiger partial charge in [-0.25, -0.2) is 21.6 Å². The highest BCUT2D eigenvalue weighted by Crippen LogP contribution is 2.33. The minimum absolute atomic E-state index is 0.0181. The molecule has 0 aliphatic carbocycles. The number of para-hydroxylation sites is 1. The van der Waals surface area contributed by atoms with Gasteiger partial charge in [-0.3, -0.25) is 4.31 Å². The van der Waals surface area contributed by atoms with Gasteiger partial charge >= 0.3 is 0 Å².